The first-order valence-corrected chi connectivity index (χ1v) is 6.55. The van der Waals surface area contributed by atoms with Crippen molar-refractivity contribution in [2.45, 2.75) is 38.8 Å². The molecule has 0 saturated heterocycles. The molecule has 0 spiro atoms. The van der Waals surface area contributed by atoms with Gasteiger partial charge < -0.3 is 14.7 Å². The fourth-order valence-corrected chi connectivity index (χ4v) is 2.44. The van der Waals surface area contributed by atoms with Gasteiger partial charge in [-0.1, -0.05) is 19.1 Å². The molecule has 20 heavy (non-hydrogen) atoms. The van der Waals surface area contributed by atoms with Crippen LogP contribution in [0.4, 0.5) is 0 Å². The number of carbonyl (C=O) groups excluding carboxylic acids is 1. The first-order chi connectivity index (χ1) is 9.43. The van der Waals surface area contributed by atoms with Crippen LogP contribution < -0.4 is 4.74 Å². The Labute approximate surface area is 119 Å². The minimum atomic E-state index is -1.36. The molecule has 0 saturated carbocycles. The van der Waals surface area contributed by atoms with E-state index in [-0.39, 0.29) is 12.5 Å². The molecule has 0 aliphatic carbocycles. The topological polar surface area (TPSA) is 66.8 Å². The van der Waals surface area contributed by atoms with Gasteiger partial charge in [0.05, 0.1) is 7.11 Å². The van der Waals surface area contributed by atoms with Gasteiger partial charge in [0.2, 0.25) is 6.41 Å². The lowest BCUT2D eigenvalue weighted by molar-refractivity contribution is -0.158. The van der Waals surface area contributed by atoms with E-state index in [2.05, 4.69) is 0 Å². The van der Waals surface area contributed by atoms with Gasteiger partial charge in [0, 0.05) is 6.04 Å². The Kier molecular flexibility index (Phi) is 5.13. The minimum absolute atomic E-state index is 0.217. The van der Waals surface area contributed by atoms with Crippen molar-refractivity contribution in [1.82, 2.24) is 4.90 Å². The second-order valence-corrected chi connectivity index (χ2v) is 4.85. The quantitative estimate of drug-likeness (QED) is 0.777. The highest BCUT2D eigenvalue weighted by atomic mass is 16.5. The average molecular weight is 279 g/mol. The van der Waals surface area contributed by atoms with Gasteiger partial charge >= 0.3 is 5.97 Å². The number of benzene rings is 1. The molecule has 0 fully saturated rings. The summed E-state index contributed by atoms with van der Waals surface area (Å²) >= 11 is 0. The Morgan fingerprint density at radius 3 is 2.25 bits per heavy atom. The molecule has 5 nitrogen and oxygen atoms in total. The molecule has 0 aromatic heterocycles. The molecular formula is C15H21NO4. The summed E-state index contributed by atoms with van der Waals surface area (Å²) in [6.07, 6.45) is 0.887. The number of ether oxygens (including phenoxy) is 1. The van der Waals surface area contributed by atoms with Gasteiger partial charge in [-0.15, -0.1) is 0 Å². The molecule has 1 amide bonds. The van der Waals surface area contributed by atoms with Gasteiger partial charge in [0.25, 0.3) is 0 Å². The van der Waals surface area contributed by atoms with Gasteiger partial charge in [0.1, 0.15) is 5.75 Å². The lowest BCUT2D eigenvalue weighted by atomic mass is 9.84. The van der Waals surface area contributed by atoms with E-state index in [1.165, 1.54) is 4.90 Å². The zero-order valence-corrected chi connectivity index (χ0v) is 12.3. The van der Waals surface area contributed by atoms with Crippen LogP contribution >= 0.6 is 0 Å². The molecule has 110 valence electrons. The van der Waals surface area contributed by atoms with Crippen molar-refractivity contribution in [3.8, 4) is 5.75 Å². The van der Waals surface area contributed by atoms with Crippen molar-refractivity contribution in [3.63, 3.8) is 0 Å². The normalized spacial score (nSPS) is 13.7. The number of carboxylic acids is 1. The number of carbonyl (C=O) groups is 2. The SMILES string of the molecule is CCC(C(=O)O)(c1ccc(OC)cc1)N(C=O)C(C)C. The Balaban J connectivity index is 3.43. The monoisotopic (exact) mass is 279 g/mol. The summed E-state index contributed by atoms with van der Waals surface area (Å²) in [5, 5.41) is 9.72. The van der Waals surface area contributed by atoms with Crippen LogP contribution in [-0.2, 0) is 15.1 Å². The van der Waals surface area contributed by atoms with Gasteiger partial charge in [0.15, 0.2) is 5.54 Å². The van der Waals surface area contributed by atoms with E-state index in [1.54, 1.807) is 52.1 Å². The van der Waals surface area contributed by atoms with Crippen LogP contribution in [0.25, 0.3) is 0 Å². The maximum atomic E-state index is 11.9. The summed E-state index contributed by atoms with van der Waals surface area (Å²) in [5.41, 5.74) is -0.795. The first-order valence-electron chi connectivity index (χ1n) is 6.55. The Morgan fingerprint density at radius 1 is 1.40 bits per heavy atom. The Hall–Kier alpha value is -2.04. The van der Waals surface area contributed by atoms with Crippen LogP contribution in [0.3, 0.4) is 0 Å². The molecule has 1 atom stereocenters. The fourth-order valence-electron chi connectivity index (χ4n) is 2.44. The van der Waals surface area contributed by atoms with Crippen LogP contribution in [-0.4, -0.2) is 35.5 Å². The minimum Gasteiger partial charge on any atom is -0.497 e. The Morgan fingerprint density at radius 2 is 1.95 bits per heavy atom. The maximum absolute atomic E-state index is 11.9. The third-order valence-electron chi connectivity index (χ3n) is 3.54. The summed E-state index contributed by atoms with van der Waals surface area (Å²) < 4.78 is 5.08. The van der Waals surface area contributed by atoms with Crippen LogP contribution in [0.2, 0.25) is 0 Å². The molecule has 0 aliphatic heterocycles. The van der Waals surface area contributed by atoms with Crippen molar-refractivity contribution in [3.05, 3.63) is 29.8 Å². The largest absolute Gasteiger partial charge is 0.497 e. The predicted molar refractivity (Wildman–Crippen MR) is 75.6 cm³/mol. The van der Waals surface area contributed by atoms with Crippen molar-refractivity contribution >= 4 is 12.4 Å². The van der Waals surface area contributed by atoms with Crippen molar-refractivity contribution in [2.24, 2.45) is 0 Å². The maximum Gasteiger partial charge on any atom is 0.334 e. The number of aliphatic carboxylic acids is 1. The molecule has 1 aromatic carbocycles. The van der Waals surface area contributed by atoms with E-state index < -0.39 is 11.5 Å². The van der Waals surface area contributed by atoms with Crippen molar-refractivity contribution < 1.29 is 19.4 Å². The van der Waals surface area contributed by atoms with Crippen LogP contribution in [0.15, 0.2) is 24.3 Å². The fraction of sp³-hybridized carbons (Fsp3) is 0.467. The number of hydrogen-bond donors (Lipinski definition) is 1. The first kappa shape index (κ1) is 16.0. The number of hydrogen-bond acceptors (Lipinski definition) is 3. The number of rotatable bonds is 7. The highest BCUT2D eigenvalue weighted by molar-refractivity contribution is 5.83. The van der Waals surface area contributed by atoms with Crippen LogP contribution in [0.1, 0.15) is 32.8 Å². The number of nitrogens with zero attached hydrogens (tertiary/aromatic N) is 1. The average Bonchev–Trinajstić information content (AvgIpc) is 2.44. The van der Waals surface area contributed by atoms with E-state index in [9.17, 15) is 14.7 Å². The van der Waals surface area contributed by atoms with Crippen LogP contribution in [0, 0.1) is 0 Å². The molecule has 1 N–H and O–H groups in total. The van der Waals surface area contributed by atoms with Gasteiger partial charge in [-0.2, -0.15) is 0 Å². The van der Waals surface area contributed by atoms with Crippen molar-refractivity contribution in [2.75, 3.05) is 7.11 Å². The summed E-state index contributed by atoms with van der Waals surface area (Å²) in [6, 6.07) is 6.56. The standard InChI is InChI=1S/C15H21NO4/c1-5-15(14(18)19,16(10-17)11(2)3)12-6-8-13(20-4)9-7-12/h6-11H,5H2,1-4H3,(H,18,19). The van der Waals surface area contributed by atoms with E-state index in [4.69, 9.17) is 4.74 Å². The van der Waals surface area contributed by atoms with Gasteiger partial charge in [-0.25, -0.2) is 4.79 Å². The van der Waals surface area contributed by atoms with Gasteiger partial charge in [-0.05, 0) is 38.0 Å². The molecule has 5 heteroatoms. The second kappa shape index (κ2) is 6.41. The summed E-state index contributed by atoms with van der Waals surface area (Å²) in [5.74, 6) is -0.391. The summed E-state index contributed by atoms with van der Waals surface area (Å²) in [7, 11) is 1.55. The lowest BCUT2D eigenvalue weighted by Gasteiger charge is -2.40. The van der Waals surface area contributed by atoms with E-state index in [1.807, 2.05) is 0 Å². The highest BCUT2D eigenvalue weighted by Gasteiger charge is 2.45. The molecule has 1 unspecified atom stereocenters. The highest BCUT2D eigenvalue weighted by Crippen LogP contribution is 2.34. The summed E-state index contributed by atoms with van der Waals surface area (Å²) in [4.78, 5) is 24.6. The van der Waals surface area contributed by atoms with Crippen molar-refractivity contribution in [1.29, 1.82) is 0 Å². The molecule has 0 radical (unpaired) electrons. The van der Waals surface area contributed by atoms with E-state index in [0.717, 1.165) is 0 Å². The molecule has 0 bridgehead atoms. The number of amides is 1. The Bertz CT molecular complexity index is 469. The molecule has 1 aromatic rings. The second-order valence-electron chi connectivity index (χ2n) is 4.85. The van der Waals surface area contributed by atoms with E-state index >= 15 is 0 Å². The van der Waals surface area contributed by atoms with Crippen LogP contribution in [0.5, 0.6) is 5.75 Å². The van der Waals surface area contributed by atoms with E-state index in [0.29, 0.717) is 17.7 Å². The zero-order chi connectivity index (χ0) is 15.3. The summed E-state index contributed by atoms with van der Waals surface area (Å²) in [6.45, 7) is 5.35. The number of carboxylic acid groups (broad SMARTS) is 1. The predicted octanol–water partition coefficient (Wildman–Crippen LogP) is 2.25. The molecular weight excluding hydrogens is 258 g/mol. The third kappa shape index (κ3) is 2.61. The number of methoxy groups -OCH3 is 1. The lowest BCUT2D eigenvalue weighted by Crippen LogP contribution is -2.54. The van der Waals surface area contributed by atoms with Gasteiger partial charge in [-0.3, -0.25) is 4.79 Å². The molecule has 1 rings (SSSR count). The molecule has 0 heterocycles. The smallest absolute Gasteiger partial charge is 0.334 e. The zero-order valence-electron chi connectivity index (χ0n) is 12.3. The third-order valence-corrected chi connectivity index (χ3v) is 3.54. The molecule has 0 aliphatic rings.